The van der Waals surface area contributed by atoms with E-state index in [1.165, 1.54) is 0 Å². The van der Waals surface area contributed by atoms with E-state index in [9.17, 15) is 8.78 Å². The first kappa shape index (κ1) is 16.0. The predicted octanol–water partition coefficient (Wildman–Crippen LogP) is 3.80. The molecule has 8 heteroatoms. The van der Waals surface area contributed by atoms with E-state index in [0.29, 0.717) is 12.8 Å². The van der Waals surface area contributed by atoms with E-state index in [1.54, 1.807) is 23.1 Å². The fourth-order valence-corrected chi connectivity index (χ4v) is 3.15. The van der Waals surface area contributed by atoms with Crippen molar-refractivity contribution in [2.45, 2.75) is 18.8 Å². The van der Waals surface area contributed by atoms with Gasteiger partial charge in [0.2, 0.25) is 5.95 Å². The van der Waals surface area contributed by atoms with E-state index in [2.05, 4.69) is 25.4 Å². The number of hydrogen-bond donors (Lipinski definition) is 1. The highest BCUT2D eigenvalue weighted by atomic mass is 19.3. The summed E-state index contributed by atoms with van der Waals surface area (Å²) in [5.41, 5.74) is 4.03. The highest BCUT2D eigenvalue weighted by Gasteiger charge is 2.46. The van der Waals surface area contributed by atoms with Crippen LogP contribution < -0.4 is 5.32 Å². The summed E-state index contributed by atoms with van der Waals surface area (Å²) in [5, 5.41) is 6.94. The molecule has 0 bridgehead atoms. The maximum atomic E-state index is 13.8. The maximum absolute atomic E-state index is 13.8. The first-order valence-electron chi connectivity index (χ1n) is 8.78. The molecule has 1 fully saturated rings. The van der Waals surface area contributed by atoms with E-state index in [1.807, 2.05) is 30.3 Å². The van der Waals surface area contributed by atoms with Crippen molar-refractivity contribution in [1.29, 1.82) is 0 Å². The normalized spacial score (nSPS) is 14.7. The van der Waals surface area contributed by atoms with E-state index < -0.39 is 18.4 Å². The number of rotatable bonds is 5. The van der Waals surface area contributed by atoms with Crippen molar-refractivity contribution in [2.24, 2.45) is 5.92 Å². The molecule has 136 valence electrons. The fraction of sp³-hybridized carbons (Fsp3) is 0.263. The second-order valence-corrected chi connectivity index (χ2v) is 6.77. The summed E-state index contributed by atoms with van der Waals surface area (Å²) >= 11 is 0. The zero-order chi connectivity index (χ0) is 18.4. The van der Waals surface area contributed by atoms with Crippen molar-refractivity contribution >= 4 is 22.5 Å². The van der Waals surface area contributed by atoms with Crippen molar-refractivity contribution in [3.8, 4) is 11.3 Å². The molecular formula is C19H16F2N6. The molecule has 4 aromatic rings. The Balaban J connectivity index is 1.44. The molecule has 0 amide bonds. The number of halogens is 2. The smallest absolute Gasteiger partial charge is 0.267 e. The van der Waals surface area contributed by atoms with E-state index >= 15 is 0 Å². The van der Waals surface area contributed by atoms with Crippen molar-refractivity contribution in [2.75, 3.05) is 11.9 Å². The summed E-state index contributed by atoms with van der Waals surface area (Å²) in [5.74, 6) is -3.05. The molecule has 1 aliphatic carbocycles. The van der Waals surface area contributed by atoms with Crippen LogP contribution in [0.1, 0.15) is 12.8 Å². The molecule has 0 atom stereocenters. The van der Waals surface area contributed by atoms with Crippen LogP contribution in [-0.2, 0) is 0 Å². The van der Waals surface area contributed by atoms with Gasteiger partial charge in [-0.05, 0) is 43.2 Å². The zero-order valence-electron chi connectivity index (χ0n) is 14.3. The van der Waals surface area contributed by atoms with Gasteiger partial charge < -0.3 is 5.32 Å². The summed E-state index contributed by atoms with van der Waals surface area (Å²) in [7, 11) is 0. The molecule has 1 aliphatic rings. The zero-order valence-corrected chi connectivity index (χ0v) is 14.3. The van der Waals surface area contributed by atoms with Crippen LogP contribution in [0.2, 0.25) is 0 Å². The lowest BCUT2D eigenvalue weighted by Crippen LogP contribution is -2.30. The molecule has 0 aliphatic heterocycles. The third kappa shape index (κ3) is 2.97. The van der Waals surface area contributed by atoms with Crippen LogP contribution in [-0.4, -0.2) is 37.0 Å². The molecular weight excluding hydrogens is 350 g/mol. The number of aromatic nitrogens is 5. The summed E-state index contributed by atoms with van der Waals surface area (Å²) < 4.78 is 29.3. The van der Waals surface area contributed by atoms with Gasteiger partial charge in [0.15, 0.2) is 0 Å². The number of nitrogens with zero attached hydrogens (tertiary/aromatic N) is 5. The van der Waals surface area contributed by atoms with E-state index in [-0.39, 0.29) is 5.95 Å². The van der Waals surface area contributed by atoms with Gasteiger partial charge in [0.1, 0.15) is 0 Å². The van der Waals surface area contributed by atoms with Gasteiger partial charge in [-0.1, -0.05) is 0 Å². The Kier molecular flexibility index (Phi) is 3.53. The van der Waals surface area contributed by atoms with Crippen molar-refractivity contribution in [3.63, 3.8) is 0 Å². The quantitative estimate of drug-likeness (QED) is 0.582. The number of pyridine rings is 2. The van der Waals surface area contributed by atoms with Gasteiger partial charge in [0.25, 0.3) is 5.92 Å². The SMILES string of the molecule is FC(F)(CNc1ncc2c(-c3ccc4ncccc4n3)ccn2n1)C1CC1. The lowest BCUT2D eigenvalue weighted by molar-refractivity contribution is -0.00833. The van der Waals surface area contributed by atoms with Crippen LogP contribution in [0.15, 0.2) is 48.9 Å². The average Bonchev–Trinajstić information content (AvgIpc) is 3.47. The number of fused-ring (bicyclic) bond motifs is 2. The third-order valence-electron chi connectivity index (χ3n) is 4.81. The molecule has 6 nitrogen and oxygen atoms in total. The molecule has 0 spiro atoms. The Hall–Kier alpha value is -3.16. The minimum atomic E-state index is -2.72. The van der Waals surface area contributed by atoms with Crippen LogP contribution in [0, 0.1) is 5.92 Å². The van der Waals surface area contributed by atoms with Crippen molar-refractivity contribution < 1.29 is 8.78 Å². The predicted molar refractivity (Wildman–Crippen MR) is 97.7 cm³/mol. The molecule has 4 heterocycles. The summed E-state index contributed by atoms with van der Waals surface area (Å²) in [4.78, 5) is 13.1. The highest BCUT2D eigenvalue weighted by Crippen LogP contribution is 2.43. The first-order valence-corrected chi connectivity index (χ1v) is 8.78. The second-order valence-electron chi connectivity index (χ2n) is 6.77. The number of alkyl halides is 2. The highest BCUT2D eigenvalue weighted by molar-refractivity contribution is 5.83. The molecule has 0 saturated heterocycles. The van der Waals surface area contributed by atoms with Crippen LogP contribution in [0.4, 0.5) is 14.7 Å². The molecule has 27 heavy (non-hydrogen) atoms. The van der Waals surface area contributed by atoms with Gasteiger partial charge in [-0.15, -0.1) is 5.10 Å². The molecule has 0 unspecified atom stereocenters. The average molecular weight is 366 g/mol. The first-order chi connectivity index (χ1) is 13.1. The van der Waals surface area contributed by atoms with Crippen molar-refractivity contribution in [3.05, 3.63) is 48.9 Å². The van der Waals surface area contributed by atoms with Crippen LogP contribution in [0.5, 0.6) is 0 Å². The molecule has 5 rings (SSSR count). The number of hydrogen-bond acceptors (Lipinski definition) is 5. The number of nitrogens with one attached hydrogen (secondary N) is 1. The molecule has 0 radical (unpaired) electrons. The Bertz CT molecular complexity index is 1140. The van der Waals surface area contributed by atoms with E-state index in [4.69, 9.17) is 0 Å². The molecule has 0 aromatic carbocycles. The van der Waals surface area contributed by atoms with Crippen molar-refractivity contribution in [1.82, 2.24) is 24.6 Å². The molecule has 1 N–H and O–H groups in total. The maximum Gasteiger partial charge on any atom is 0.267 e. The number of anilines is 1. The third-order valence-corrected chi connectivity index (χ3v) is 4.81. The molecule has 1 saturated carbocycles. The minimum absolute atomic E-state index is 0.181. The van der Waals surface area contributed by atoms with Gasteiger partial charge >= 0.3 is 0 Å². The fourth-order valence-electron chi connectivity index (χ4n) is 3.15. The van der Waals surface area contributed by atoms with E-state index in [0.717, 1.165) is 27.8 Å². The lowest BCUT2D eigenvalue weighted by Gasteiger charge is -2.15. The van der Waals surface area contributed by atoms with Crippen LogP contribution in [0.25, 0.3) is 27.8 Å². The van der Waals surface area contributed by atoms with Gasteiger partial charge in [0, 0.05) is 23.9 Å². The second kappa shape index (κ2) is 5.94. The van der Waals surface area contributed by atoms with Crippen LogP contribution >= 0.6 is 0 Å². The lowest BCUT2D eigenvalue weighted by atomic mass is 10.1. The summed E-state index contributed by atoms with van der Waals surface area (Å²) in [6, 6.07) is 9.44. The minimum Gasteiger partial charge on any atom is -0.347 e. The standard InChI is InChI=1S/C19H16F2N6/c20-19(21,12-3-4-12)11-24-18-23-10-17-13(7-9-27(17)26-18)14-5-6-15-16(25-14)2-1-8-22-15/h1-2,5-10,12H,3-4,11H2,(H,24,26). The largest absolute Gasteiger partial charge is 0.347 e. The van der Waals surface area contributed by atoms with Gasteiger partial charge in [-0.2, -0.15) is 0 Å². The van der Waals surface area contributed by atoms with Gasteiger partial charge in [-0.3, -0.25) is 4.98 Å². The molecule has 4 aromatic heterocycles. The summed E-state index contributed by atoms with van der Waals surface area (Å²) in [6.45, 7) is -0.448. The Morgan fingerprint density at radius 3 is 2.85 bits per heavy atom. The Morgan fingerprint density at radius 2 is 2.00 bits per heavy atom. The monoisotopic (exact) mass is 366 g/mol. The van der Waals surface area contributed by atoms with Gasteiger partial charge in [-0.25, -0.2) is 23.3 Å². The Labute approximate surface area is 153 Å². The van der Waals surface area contributed by atoms with Gasteiger partial charge in [0.05, 0.1) is 35.0 Å². The summed E-state index contributed by atoms with van der Waals surface area (Å²) in [6.07, 6.45) is 6.29. The topological polar surface area (TPSA) is 68.0 Å². The van der Waals surface area contributed by atoms with Crippen LogP contribution in [0.3, 0.4) is 0 Å². The Morgan fingerprint density at radius 1 is 1.11 bits per heavy atom.